The van der Waals surface area contributed by atoms with Gasteiger partial charge in [0.2, 0.25) is 17.7 Å². The van der Waals surface area contributed by atoms with Crippen molar-refractivity contribution in [2.45, 2.75) is 100 Å². The van der Waals surface area contributed by atoms with Gasteiger partial charge in [-0.15, -0.1) is 13.2 Å². The minimum absolute atomic E-state index is 0.110. The Labute approximate surface area is 287 Å². The summed E-state index contributed by atoms with van der Waals surface area (Å²) in [6.07, 6.45) is 5.70. The number of fused-ring (bicyclic) bond motifs is 1. The number of halogens is 1. The summed E-state index contributed by atoms with van der Waals surface area (Å²) in [6, 6.07) is 6.99. The van der Waals surface area contributed by atoms with Crippen molar-refractivity contribution in [3.8, 4) is 0 Å². The standard InChI is InChI=1S/C36H50BrN3O7/c1-7-10-15-20-39(19-9-3)34(44)32-36-21-26(37)31(47-36)28(29(36)33(43)40(32)23(4)22-41)35(45)46-30(25-16-13-12-14-17-25)24(5)38(6)27(42)18-11-8-2/h8-9,12-14,16-17,23-24,26,28-32,41H,2-3,7,10-11,15,18-22H2,1,4-6H3/t23-,24+,26?,28+,29-,30-,31+,32+,36-/m1/s1. The molecule has 0 saturated carbocycles. The highest BCUT2D eigenvalue weighted by Gasteiger charge is 2.77. The van der Waals surface area contributed by atoms with Crippen molar-refractivity contribution in [3.63, 3.8) is 0 Å². The first-order valence-electron chi connectivity index (χ1n) is 16.8. The molecule has 9 atom stereocenters. The van der Waals surface area contributed by atoms with Crippen LogP contribution in [0.2, 0.25) is 0 Å². The Kier molecular flexibility index (Phi) is 12.5. The molecule has 1 aromatic carbocycles. The third kappa shape index (κ3) is 7.08. The second kappa shape index (κ2) is 15.9. The molecule has 3 aliphatic rings. The summed E-state index contributed by atoms with van der Waals surface area (Å²) < 4.78 is 13.0. The van der Waals surface area contributed by atoms with Crippen LogP contribution in [0.5, 0.6) is 0 Å². The maximum Gasteiger partial charge on any atom is 0.313 e. The highest BCUT2D eigenvalue weighted by atomic mass is 79.9. The molecule has 1 spiro atoms. The molecule has 47 heavy (non-hydrogen) atoms. The van der Waals surface area contributed by atoms with Gasteiger partial charge in [0.25, 0.3) is 0 Å². The van der Waals surface area contributed by atoms with Crippen LogP contribution in [0.1, 0.15) is 71.0 Å². The first-order valence-corrected chi connectivity index (χ1v) is 17.7. The second-order valence-electron chi connectivity index (χ2n) is 13.1. The number of alkyl halides is 1. The molecule has 258 valence electrons. The smallest absolute Gasteiger partial charge is 0.313 e. The van der Waals surface area contributed by atoms with Crippen molar-refractivity contribution in [1.82, 2.24) is 14.7 Å². The molecule has 10 nitrogen and oxygen atoms in total. The van der Waals surface area contributed by atoms with Crippen molar-refractivity contribution >= 4 is 39.6 Å². The van der Waals surface area contributed by atoms with Crippen molar-refractivity contribution in [2.24, 2.45) is 11.8 Å². The average molecular weight is 717 g/mol. The third-order valence-corrected chi connectivity index (χ3v) is 10.9. The first-order chi connectivity index (χ1) is 22.5. The average Bonchev–Trinajstić information content (AvgIpc) is 3.67. The number of allylic oxidation sites excluding steroid dienone is 1. The van der Waals surface area contributed by atoms with Gasteiger partial charge in [0, 0.05) is 31.4 Å². The molecule has 3 amide bonds. The number of aliphatic hydroxyl groups excluding tert-OH is 1. The second-order valence-corrected chi connectivity index (χ2v) is 14.2. The SMILES string of the molecule is C=CCCC(=O)N(C)[C@@H](C)[C@@H](OC(=O)[C@@H]1[C@H]2O[C@@]3(CC2Br)[C@H](C(=O)N(CC=C)CCCCC)N([C@H](C)CO)C(=O)[C@@H]13)c1ccccc1. The molecule has 0 aliphatic carbocycles. The lowest BCUT2D eigenvalue weighted by molar-refractivity contribution is -0.165. The number of nitrogens with zero attached hydrogens (tertiary/aromatic N) is 3. The molecule has 3 aliphatic heterocycles. The van der Waals surface area contributed by atoms with Gasteiger partial charge >= 0.3 is 5.97 Å². The molecule has 0 aromatic heterocycles. The number of carbonyl (C=O) groups is 4. The van der Waals surface area contributed by atoms with Crippen molar-refractivity contribution < 1.29 is 33.8 Å². The number of aliphatic hydroxyl groups is 1. The summed E-state index contributed by atoms with van der Waals surface area (Å²) in [5.74, 6) is -3.39. The number of amides is 3. The van der Waals surface area contributed by atoms with Crippen molar-refractivity contribution in [3.05, 3.63) is 61.2 Å². The summed E-state index contributed by atoms with van der Waals surface area (Å²) in [5.41, 5.74) is -0.574. The molecular formula is C36H50BrN3O7. The Bertz CT molecular complexity index is 1310. The molecule has 0 radical (unpaired) electrons. The largest absolute Gasteiger partial charge is 0.455 e. The molecule has 3 fully saturated rings. The monoisotopic (exact) mass is 715 g/mol. The molecule has 2 bridgehead atoms. The van der Waals surface area contributed by atoms with Crippen molar-refractivity contribution in [2.75, 3.05) is 26.7 Å². The molecule has 11 heteroatoms. The molecule has 3 heterocycles. The van der Waals surface area contributed by atoms with Crippen LogP contribution in [0.15, 0.2) is 55.6 Å². The van der Waals surface area contributed by atoms with E-state index >= 15 is 0 Å². The maximum atomic E-state index is 14.4. The van der Waals surface area contributed by atoms with Crippen molar-refractivity contribution in [1.29, 1.82) is 0 Å². The van der Waals surface area contributed by atoms with Gasteiger partial charge in [0.05, 0.1) is 36.6 Å². The van der Waals surface area contributed by atoms with E-state index in [1.54, 1.807) is 35.9 Å². The Hall–Kier alpha value is -3.02. The Balaban J connectivity index is 1.70. The number of unbranched alkanes of at least 4 members (excludes halogenated alkanes) is 2. The van der Waals surface area contributed by atoms with Crippen LogP contribution >= 0.6 is 15.9 Å². The number of hydrogen-bond acceptors (Lipinski definition) is 7. The Morgan fingerprint density at radius 3 is 2.51 bits per heavy atom. The Morgan fingerprint density at radius 2 is 1.89 bits per heavy atom. The van der Waals surface area contributed by atoms with E-state index in [4.69, 9.17) is 9.47 Å². The predicted molar refractivity (Wildman–Crippen MR) is 182 cm³/mol. The zero-order valence-electron chi connectivity index (χ0n) is 28.1. The van der Waals surface area contributed by atoms with E-state index in [2.05, 4.69) is 36.0 Å². The van der Waals surface area contributed by atoms with Gasteiger partial charge in [-0.3, -0.25) is 19.2 Å². The molecular weight excluding hydrogens is 666 g/mol. The number of carbonyl (C=O) groups excluding carboxylic acids is 4. The fourth-order valence-corrected chi connectivity index (χ4v) is 8.42. The lowest BCUT2D eigenvalue weighted by atomic mass is 9.70. The molecule has 3 saturated heterocycles. The number of likely N-dealkylation sites (N-methyl/N-ethyl adjacent to an activating group) is 1. The minimum atomic E-state index is -1.28. The fourth-order valence-electron chi connectivity index (χ4n) is 7.47. The van der Waals surface area contributed by atoms with Gasteiger partial charge < -0.3 is 29.3 Å². The van der Waals surface area contributed by atoms with Gasteiger partial charge in [-0.1, -0.05) is 78.2 Å². The molecule has 1 N–H and O–H groups in total. The summed E-state index contributed by atoms with van der Waals surface area (Å²) in [4.78, 5) is 60.6. The summed E-state index contributed by atoms with van der Waals surface area (Å²) >= 11 is 3.72. The highest BCUT2D eigenvalue weighted by molar-refractivity contribution is 9.09. The number of ether oxygens (including phenoxy) is 2. The van der Waals surface area contributed by atoms with E-state index in [-0.39, 0.29) is 29.7 Å². The number of rotatable bonds is 17. The number of hydrogen-bond donors (Lipinski definition) is 1. The van der Waals surface area contributed by atoms with E-state index in [1.807, 2.05) is 37.3 Å². The molecule has 4 rings (SSSR count). The zero-order chi connectivity index (χ0) is 34.5. The number of benzene rings is 1. The van der Waals surface area contributed by atoms with Crippen LogP contribution in [0.25, 0.3) is 0 Å². The van der Waals surface area contributed by atoms with Crippen LogP contribution in [0.3, 0.4) is 0 Å². The zero-order valence-corrected chi connectivity index (χ0v) is 29.6. The van der Waals surface area contributed by atoms with Gasteiger partial charge in [0.15, 0.2) is 0 Å². The molecule has 1 unspecified atom stereocenters. The van der Waals surface area contributed by atoms with Crippen LogP contribution in [-0.2, 0) is 28.7 Å². The summed E-state index contributed by atoms with van der Waals surface area (Å²) in [7, 11) is 1.68. The van der Waals surface area contributed by atoms with E-state index in [0.29, 0.717) is 31.5 Å². The quantitative estimate of drug-likeness (QED) is 0.110. The van der Waals surface area contributed by atoms with E-state index < -0.39 is 59.6 Å². The Morgan fingerprint density at radius 1 is 1.19 bits per heavy atom. The fraction of sp³-hybridized carbons (Fsp3) is 0.611. The highest BCUT2D eigenvalue weighted by Crippen LogP contribution is 2.61. The normalized spacial score (nSPS) is 27.9. The van der Waals surface area contributed by atoms with E-state index in [0.717, 1.165) is 19.3 Å². The van der Waals surface area contributed by atoms with Crippen LogP contribution < -0.4 is 0 Å². The van der Waals surface area contributed by atoms with E-state index in [1.165, 1.54) is 4.90 Å². The van der Waals surface area contributed by atoms with Gasteiger partial charge in [-0.05, 0) is 38.7 Å². The van der Waals surface area contributed by atoms with Crippen LogP contribution in [-0.4, -0.2) is 105 Å². The summed E-state index contributed by atoms with van der Waals surface area (Å²) in [5, 5.41) is 10.2. The van der Waals surface area contributed by atoms with Crippen LogP contribution in [0, 0.1) is 11.8 Å². The third-order valence-electron chi connectivity index (χ3n) is 10.0. The minimum Gasteiger partial charge on any atom is -0.455 e. The summed E-state index contributed by atoms with van der Waals surface area (Å²) in [6.45, 7) is 13.6. The van der Waals surface area contributed by atoms with Gasteiger partial charge in [0.1, 0.15) is 17.7 Å². The van der Waals surface area contributed by atoms with Crippen LogP contribution in [0.4, 0.5) is 0 Å². The number of likely N-dealkylation sites (tertiary alicyclic amines) is 1. The lowest BCUT2D eigenvalue weighted by Gasteiger charge is -2.38. The van der Waals surface area contributed by atoms with Gasteiger partial charge in [-0.25, -0.2) is 0 Å². The lowest BCUT2D eigenvalue weighted by Crippen LogP contribution is -2.58. The predicted octanol–water partition coefficient (Wildman–Crippen LogP) is 4.42. The first kappa shape index (κ1) is 36.8. The molecule has 1 aromatic rings. The van der Waals surface area contributed by atoms with E-state index in [9.17, 15) is 24.3 Å². The maximum absolute atomic E-state index is 14.4. The van der Waals surface area contributed by atoms with Gasteiger partial charge in [-0.2, -0.15) is 0 Å². The topological polar surface area (TPSA) is 117 Å². The number of esters is 1.